The standard InChI is InChI=1S/C18H33N3O4S/c1-25-16-8-10-21(15(11-16)12-19)26(23,24)17-7-4-9-20(13-17)18(22)14-5-2-3-6-14/h14-17H,2-13,19H2,1H3. The maximum Gasteiger partial charge on any atom is 0.225 e. The van der Waals surface area contributed by atoms with Gasteiger partial charge in [-0.05, 0) is 38.5 Å². The summed E-state index contributed by atoms with van der Waals surface area (Å²) in [5.74, 6) is 0.265. The molecule has 2 heterocycles. The number of nitrogens with two attached hydrogens (primary N) is 1. The Hall–Kier alpha value is -0.700. The van der Waals surface area contributed by atoms with Gasteiger partial charge in [0.15, 0.2) is 0 Å². The molecule has 7 nitrogen and oxygen atoms in total. The van der Waals surface area contributed by atoms with E-state index in [2.05, 4.69) is 0 Å². The molecule has 3 fully saturated rings. The fraction of sp³-hybridized carbons (Fsp3) is 0.944. The van der Waals surface area contributed by atoms with Crippen LogP contribution in [0, 0.1) is 5.92 Å². The predicted molar refractivity (Wildman–Crippen MR) is 100 cm³/mol. The first-order valence-corrected chi connectivity index (χ1v) is 11.5. The minimum atomic E-state index is -3.46. The smallest absolute Gasteiger partial charge is 0.225 e. The third-order valence-corrected chi connectivity index (χ3v) is 8.72. The molecule has 2 N–H and O–H groups in total. The predicted octanol–water partition coefficient (Wildman–Crippen LogP) is 0.936. The molecule has 3 unspecified atom stereocenters. The van der Waals surface area contributed by atoms with Gasteiger partial charge in [0, 0.05) is 45.2 Å². The summed E-state index contributed by atoms with van der Waals surface area (Å²) in [6, 6.07) is -0.209. The van der Waals surface area contributed by atoms with Gasteiger partial charge in [0.25, 0.3) is 0 Å². The Kier molecular flexibility index (Phi) is 6.59. The third-order valence-electron chi connectivity index (χ3n) is 6.36. The first kappa shape index (κ1) is 20.0. The van der Waals surface area contributed by atoms with E-state index in [4.69, 9.17) is 10.5 Å². The maximum absolute atomic E-state index is 13.3. The fourth-order valence-electron chi connectivity index (χ4n) is 4.76. The van der Waals surface area contributed by atoms with Crippen LogP contribution in [0.5, 0.6) is 0 Å². The van der Waals surface area contributed by atoms with Crippen molar-refractivity contribution in [2.75, 3.05) is 33.3 Å². The molecular weight excluding hydrogens is 354 g/mol. The zero-order valence-electron chi connectivity index (χ0n) is 15.8. The lowest BCUT2D eigenvalue weighted by Crippen LogP contribution is -2.56. The van der Waals surface area contributed by atoms with Crippen LogP contribution >= 0.6 is 0 Å². The number of ether oxygens (including phenoxy) is 1. The van der Waals surface area contributed by atoms with Gasteiger partial charge in [0.2, 0.25) is 15.9 Å². The van der Waals surface area contributed by atoms with Crippen LogP contribution in [0.4, 0.5) is 0 Å². The third kappa shape index (κ3) is 4.08. The Morgan fingerprint density at radius 1 is 1.12 bits per heavy atom. The van der Waals surface area contributed by atoms with Gasteiger partial charge in [-0.15, -0.1) is 0 Å². The lowest BCUT2D eigenvalue weighted by Gasteiger charge is -2.41. The van der Waals surface area contributed by atoms with Crippen LogP contribution in [0.2, 0.25) is 0 Å². The molecule has 1 amide bonds. The molecule has 0 spiro atoms. The van der Waals surface area contributed by atoms with Gasteiger partial charge in [-0.1, -0.05) is 12.8 Å². The molecule has 1 saturated carbocycles. The van der Waals surface area contributed by atoms with Crippen molar-refractivity contribution in [3.63, 3.8) is 0 Å². The highest BCUT2D eigenvalue weighted by Gasteiger charge is 2.42. The van der Waals surface area contributed by atoms with E-state index in [1.54, 1.807) is 16.3 Å². The molecule has 3 rings (SSSR count). The molecular formula is C18H33N3O4S. The second-order valence-corrected chi connectivity index (χ2v) is 10.1. The monoisotopic (exact) mass is 387 g/mol. The van der Waals surface area contributed by atoms with Crippen molar-refractivity contribution in [1.29, 1.82) is 0 Å². The highest BCUT2D eigenvalue weighted by atomic mass is 32.2. The largest absolute Gasteiger partial charge is 0.381 e. The summed E-state index contributed by atoms with van der Waals surface area (Å²) < 4.78 is 33.6. The van der Waals surface area contributed by atoms with E-state index in [0.29, 0.717) is 45.4 Å². The molecule has 3 aliphatic rings. The quantitative estimate of drug-likeness (QED) is 0.758. The second kappa shape index (κ2) is 8.54. The van der Waals surface area contributed by atoms with E-state index in [1.807, 2.05) is 0 Å². The lowest BCUT2D eigenvalue weighted by molar-refractivity contribution is -0.136. The Morgan fingerprint density at radius 3 is 2.50 bits per heavy atom. The number of likely N-dealkylation sites (tertiary alicyclic amines) is 1. The average Bonchev–Trinajstić information content (AvgIpc) is 3.21. The summed E-state index contributed by atoms with van der Waals surface area (Å²) in [7, 11) is -1.80. The molecule has 0 aromatic carbocycles. The molecule has 0 radical (unpaired) electrons. The van der Waals surface area contributed by atoms with E-state index >= 15 is 0 Å². The van der Waals surface area contributed by atoms with Crippen molar-refractivity contribution >= 4 is 15.9 Å². The van der Waals surface area contributed by atoms with E-state index in [-0.39, 0.29) is 24.0 Å². The molecule has 0 bridgehead atoms. The summed E-state index contributed by atoms with van der Waals surface area (Å²) in [4.78, 5) is 14.5. The van der Waals surface area contributed by atoms with Crippen molar-refractivity contribution in [2.45, 2.75) is 68.8 Å². The van der Waals surface area contributed by atoms with Gasteiger partial charge in [0.1, 0.15) is 0 Å². The number of rotatable bonds is 5. The zero-order chi connectivity index (χ0) is 18.7. The molecule has 0 aromatic heterocycles. The number of carbonyl (C=O) groups is 1. The van der Waals surface area contributed by atoms with E-state index < -0.39 is 15.3 Å². The SMILES string of the molecule is COC1CCN(S(=O)(=O)C2CCCN(C(=O)C3CCCC3)C2)C(CN)C1. The highest BCUT2D eigenvalue weighted by molar-refractivity contribution is 7.89. The van der Waals surface area contributed by atoms with Crippen LogP contribution in [0.25, 0.3) is 0 Å². The van der Waals surface area contributed by atoms with Gasteiger partial charge in [-0.3, -0.25) is 4.79 Å². The van der Waals surface area contributed by atoms with Gasteiger partial charge < -0.3 is 15.4 Å². The van der Waals surface area contributed by atoms with E-state index in [0.717, 1.165) is 32.1 Å². The minimum absolute atomic E-state index is 0.0711. The van der Waals surface area contributed by atoms with Gasteiger partial charge >= 0.3 is 0 Å². The van der Waals surface area contributed by atoms with Crippen molar-refractivity contribution in [1.82, 2.24) is 9.21 Å². The van der Waals surface area contributed by atoms with Crippen molar-refractivity contribution < 1.29 is 17.9 Å². The van der Waals surface area contributed by atoms with Crippen molar-refractivity contribution in [2.24, 2.45) is 11.7 Å². The molecule has 3 atom stereocenters. The van der Waals surface area contributed by atoms with Crippen LogP contribution in [0.1, 0.15) is 51.4 Å². The summed E-state index contributed by atoms with van der Waals surface area (Å²) in [5, 5.41) is -0.505. The Labute approximate surface area is 157 Å². The number of nitrogens with zero attached hydrogens (tertiary/aromatic N) is 2. The number of hydrogen-bond donors (Lipinski definition) is 1. The van der Waals surface area contributed by atoms with Crippen LogP contribution in [0.15, 0.2) is 0 Å². The normalized spacial score (nSPS) is 32.1. The number of piperidine rings is 2. The maximum atomic E-state index is 13.3. The fourth-order valence-corrected chi connectivity index (χ4v) is 6.92. The molecule has 1 aliphatic carbocycles. The van der Waals surface area contributed by atoms with Crippen molar-refractivity contribution in [3.05, 3.63) is 0 Å². The first-order chi connectivity index (χ1) is 12.5. The topological polar surface area (TPSA) is 92.9 Å². The molecule has 26 heavy (non-hydrogen) atoms. The summed E-state index contributed by atoms with van der Waals surface area (Å²) in [5.41, 5.74) is 5.87. The highest BCUT2D eigenvalue weighted by Crippen LogP contribution is 2.31. The Morgan fingerprint density at radius 2 is 1.85 bits per heavy atom. The van der Waals surface area contributed by atoms with Crippen molar-refractivity contribution in [3.8, 4) is 0 Å². The molecule has 0 aromatic rings. The lowest BCUT2D eigenvalue weighted by atomic mass is 10.0. The van der Waals surface area contributed by atoms with Crippen LogP contribution in [-0.4, -0.2) is 74.2 Å². The average molecular weight is 388 g/mol. The number of carbonyl (C=O) groups excluding carboxylic acids is 1. The van der Waals surface area contributed by atoms with Gasteiger partial charge in [-0.25, -0.2) is 8.42 Å². The van der Waals surface area contributed by atoms with Crippen LogP contribution < -0.4 is 5.73 Å². The van der Waals surface area contributed by atoms with Crippen LogP contribution in [-0.2, 0) is 19.6 Å². The molecule has 150 valence electrons. The van der Waals surface area contributed by atoms with E-state index in [1.165, 1.54) is 0 Å². The molecule has 2 aliphatic heterocycles. The molecule has 2 saturated heterocycles. The molecule has 8 heteroatoms. The summed E-state index contributed by atoms with van der Waals surface area (Å²) in [6.07, 6.45) is 6.91. The number of amides is 1. The Balaban J connectivity index is 1.69. The number of methoxy groups -OCH3 is 1. The zero-order valence-corrected chi connectivity index (χ0v) is 16.6. The van der Waals surface area contributed by atoms with Gasteiger partial charge in [0.05, 0.1) is 11.4 Å². The minimum Gasteiger partial charge on any atom is -0.381 e. The van der Waals surface area contributed by atoms with Crippen LogP contribution in [0.3, 0.4) is 0 Å². The second-order valence-electron chi connectivity index (χ2n) is 7.96. The van der Waals surface area contributed by atoms with E-state index in [9.17, 15) is 13.2 Å². The van der Waals surface area contributed by atoms with Gasteiger partial charge in [-0.2, -0.15) is 4.31 Å². The Bertz CT molecular complexity index is 591. The number of sulfonamides is 1. The summed E-state index contributed by atoms with van der Waals surface area (Å²) >= 11 is 0. The first-order valence-electron chi connectivity index (χ1n) is 9.99. The number of hydrogen-bond acceptors (Lipinski definition) is 5. The summed E-state index contributed by atoms with van der Waals surface area (Å²) in [6.45, 7) is 1.78.